The molecule has 1 atom stereocenters. The second-order valence-electron chi connectivity index (χ2n) is 1.74. The van der Waals surface area contributed by atoms with Crippen LogP contribution < -0.4 is 5.32 Å². The quantitative estimate of drug-likeness (QED) is 0.584. The molecular formula is C5H11F2NO. The van der Waals surface area contributed by atoms with E-state index < -0.39 is 12.5 Å². The van der Waals surface area contributed by atoms with E-state index in [1.165, 1.54) is 7.05 Å². The first-order valence-corrected chi connectivity index (χ1v) is 2.78. The lowest BCUT2D eigenvalue weighted by molar-refractivity contribution is 0.0873. The Bertz CT molecular complexity index is 70.0. The van der Waals surface area contributed by atoms with E-state index in [-0.39, 0.29) is 13.0 Å². The number of nitrogens with one attached hydrogen (secondary N) is 1. The van der Waals surface area contributed by atoms with Crippen LogP contribution in [0.25, 0.3) is 0 Å². The van der Waals surface area contributed by atoms with Crippen LogP contribution in [0, 0.1) is 0 Å². The van der Waals surface area contributed by atoms with Crippen LogP contribution in [-0.2, 0) is 0 Å². The zero-order valence-corrected chi connectivity index (χ0v) is 5.27. The number of rotatable bonds is 4. The van der Waals surface area contributed by atoms with Gasteiger partial charge in [0.15, 0.2) is 0 Å². The van der Waals surface area contributed by atoms with E-state index in [9.17, 15) is 8.78 Å². The van der Waals surface area contributed by atoms with Crippen molar-refractivity contribution >= 4 is 0 Å². The van der Waals surface area contributed by atoms with Crippen molar-refractivity contribution in [3.63, 3.8) is 0 Å². The first kappa shape index (κ1) is 8.78. The summed E-state index contributed by atoms with van der Waals surface area (Å²) in [5, 5.41) is 10.6. The predicted molar refractivity (Wildman–Crippen MR) is 30.6 cm³/mol. The summed E-state index contributed by atoms with van der Waals surface area (Å²) < 4.78 is 23.4. The Balaban J connectivity index is 3.41. The van der Waals surface area contributed by atoms with Crippen molar-refractivity contribution in [3.05, 3.63) is 0 Å². The van der Waals surface area contributed by atoms with E-state index in [1.54, 1.807) is 0 Å². The Morgan fingerprint density at radius 1 is 1.56 bits per heavy atom. The van der Waals surface area contributed by atoms with E-state index in [1.807, 2.05) is 0 Å². The Labute approximate surface area is 52.9 Å². The minimum atomic E-state index is -2.39. The Morgan fingerprint density at radius 2 is 2.11 bits per heavy atom. The minimum Gasteiger partial charge on any atom is -0.396 e. The summed E-state index contributed by atoms with van der Waals surface area (Å²) in [6.07, 6.45) is -2.28. The molecule has 2 N–H and O–H groups in total. The topological polar surface area (TPSA) is 32.3 Å². The molecule has 0 aliphatic heterocycles. The molecule has 0 bridgehead atoms. The average Bonchev–Trinajstić information content (AvgIpc) is 1.82. The van der Waals surface area contributed by atoms with Crippen LogP contribution in [0.5, 0.6) is 0 Å². The molecule has 0 saturated heterocycles. The SMILES string of the molecule is CNC(CCO)C(F)F. The van der Waals surface area contributed by atoms with Gasteiger partial charge in [-0.15, -0.1) is 0 Å². The standard InChI is InChI=1S/C5H11F2NO/c1-8-4(2-3-9)5(6)7/h4-5,8-9H,2-3H2,1H3. The molecule has 0 heterocycles. The van der Waals surface area contributed by atoms with Gasteiger partial charge >= 0.3 is 0 Å². The molecule has 9 heavy (non-hydrogen) atoms. The van der Waals surface area contributed by atoms with Crippen molar-refractivity contribution in [2.45, 2.75) is 18.9 Å². The summed E-state index contributed by atoms with van der Waals surface area (Å²) in [5.74, 6) is 0. The number of aliphatic hydroxyl groups is 1. The highest BCUT2D eigenvalue weighted by Crippen LogP contribution is 2.02. The summed E-state index contributed by atoms with van der Waals surface area (Å²) in [7, 11) is 1.45. The molecule has 1 unspecified atom stereocenters. The summed E-state index contributed by atoms with van der Waals surface area (Å²) >= 11 is 0. The highest BCUT2D eigenvalue weighted by Gasteiger charge is 2.16. The molecule has 0 aliphatic rings. The molecular weight excluding hydrogens is 128 g/mol. The number of hydrogen-bond acceptors (Lipinski definition) is 2. The summed E-state index contributed by atoms with van der Waals surface area (Å²) in [6.45, 7) is -0.199. The van der Waals surface area contributed by atoms with Gasteiger partial charge in [-0.1, -0.05) is 0 Å². The maximum atomic E-state index is 11.7. The van der Waals surface area contributed by atoms with E-state index >= 15 is 0 Å². The van der Waals surface area contributed by atoms with Gasteiger partial charge in [-0.2, -0.15) is 0 Å². The zero-order chi connectivity index (χ0) is 7.28. The van der Waals surface area contributed by atoms with Crippen LogP contribution in [0.1, 0.15) is 6.42 Å². The fourth-order valence-corrected chi connectivity index (χ4v) is 0.535. The summed E-state index contributed by atoms with van der Waals surface area (Å²) in [4.78, 5) is 0. The molecule has 0 amide bonds. The first-order chi connectivity index (χ1) is 4.22. The fraction of sp³-hybridized carbons (Fsp3) is 1.00. The lowest BCUT2D eigenvalue weighted by atomic mass is 10.2. The van der Waals surface area contributed by atoms with Crippen LogP contribution in [-0.4, -0.2) is 31.2 Å². The van der Waals surface area contributed by atoms with Gasteiger partial charge in [0.25, 0.3) is 6.43 Å². The zero-order valence-electron chi connectivity index (χ0n) is 5.27. The van der Waals surface area contributed by atoms with Gasteiger partial charge < -0.3 is 10.4 Å². The molecule has 0 aromatic rings. The fourth-order valence-electron chi connectivity index (χ4n) is 0.535. The van der Waals surface area contributed by atoms with Gasteiger partial charge in [0.1, 0.15) is 0 Å². The first-order valence-electron chi connectivity index (χ1n) is 2.78. The van der Waals surface area contributed by atoms with Gasteiger partial charge in [0.05, 0.1) is 6.04 Å². The maximum Gasteiger partial charge on any atom is 0.253 e. The maximum absolute atomic E-state index is 11.7. The number of hydrogen-bond donors (Lipinski definition) is 2. The minimum absolute atomic E-state index is 0.105. The molecule has 0 aromatic carbocycles. The van der Waals surface area contributed by atoms with Crippen molar-refractivity contribution in [1.82, 2.24) is 5.32 Å². The summed E-state index contributed by atoms with van der Waals surface area (Å²) in [5.41, 5.74) is 0. The smallest absolute Gasteiger partial charge is 0.253 e. The van der Waals surface area contributed by atoms with Crippen LogP contribution in [0.15, 0.2) is 0 Å². The average molecular weight is 139 g/mol. The third-order valence-electron chi connectivity index (χ3n) is 1.12. The second kappa shape index (κ2) is 4.64. The van der Waals surface area contributed by atoms with Crippen molar-refractivity contribution in [3.8, 4) is 0 Å². The van der Waals surface area contributed by atoms with E-state index in [0.717, 1.165) is 0 Å². The van der Waals surface area contributed by atoms with E-state index in [0.29, 0.717) is 0 Å². The Hall–Kier alpha value is -0.220. The van der Waals surface area contributed by atoms with Gasteiger partial charge in [-0.05, 0) is 13.5 Å². The van der Waals surface area contributed by atoms with E-state index in [2.05, 4.69) is 5.32 Å². The molecule has 0 saturated carbocycles. The Morgan fingerprint density at radius 3 is 2.22 bits per heavy atom. The van der Waals surface area contributed by atoms with Crippen LogP contribution in [0.3, 0.4) is 0 Å². The largest absolute Gasteiger partial charge is 0.396 e. The van der Waals surface area contributed by atoms with Crippen LogP contribution in [0.4, 0.5) is 8.78 Å². The van der Waals surface area contributed by atoms with E-state index in [4.69, 9.17) is 5.11 Å². The highest BCUT2D eigenvalue weighted by molar-refractivity contribution is 4.65. The van der Waals surface area contributed by atoms with Crippen molar-refractivity contribution in [2.24, 2.45) is 0 Å². The lowest BCUT2D eigenvalue weighted by Crippen LogP contribution is -2.33. The number of aliphatic hydroxyl groups excluding tert-OH is 1. The third-order valence-corrected chi connectivity index (χ3v) is 1.12. The molecule has 2 nitrogen and oxygen atoms in total. The normalized spacial score (nSPS) is 14.3. The van der Waals surface area contributed by atoms with Gasteiger partial charge in [0.2, 0.25) is 0 Å². The highest BCUT2D eigenvalue weighted by atomic mass is 19.3. The van der Waals surface area contributed by atoms with Crippen molar-refractivity contribution in [2.75, 3.05) is 13.7 Å². The monoisotopic (exact) mass is 139 g/mol. The molecule has 0 aliphatic carbocycles. The Kier molecular flexibility index (Phi) is 4.53. The molecule has 0 fully saturated rings. The van der Waals surface area contributed by atoms with Crippen LogP contribution >= 0.6 is 0 Å². The second-order valence-corrected chi connectivity index (χ2v) is 1.74. The lowest BCUT2D eigenvalue weighted by Gasteiger charge is -2.12. The van der Waals surface area contributed by atoms with Gasteiger partial charge in [-0.3, -0.25) is 0 Å². The molecule has 0 rings (SSSR count). The van der Waals surface area contributed by atoms with Crippen molar-refractivity contribution < 1.29 is 13.9 Å². The molecule has 4 heteroatoms. The van der Waals surface area contributed by atoms with Gasteiger partial charge in [-0.25, -0.2) is 8.78 Å². The third kappa shape index (κ3) is 3.37. The number of alkyl halides is 2. The predicted octanol–water partition coefficient (Wildman–Crippen LogP) is 0.222. The van der Waals surface area contributed by atoms with Gasteiger partial charge in [0, 0.05) is 6.61 Å². The van der Waals surface area contributed by atoms with Crippen LogP contribution in [0.2, 0.25) is 0 Å². The molecule has 0 spiro atoms. The number of halogens is 2. The van der Waals surface area contributed by atoms with Crippen molar-refractivity contribution in [1.29, 1.82) is 0 Å². The summed E-state index contributed by atoms with van der Waals surface area (Å²) in [6, 6.07) is -0.866. The molecule has 0 aromatic heterocycles. The molecule has 0 radical (unpaired) electrons. The molecule has 56 valence electrons.